The van der Waals surface area contributed by atoms with Crippen LogP contribution in [0.1, 0.15) is 149 Å². The zero-order chi connectivity index (χ0) is 25.8. The molecule has 0 heterocycles. The van der Waals surface area contributed by atoms with Gasteiger partial charge in [0.25, 0.3) is 0 Å². The van der Waals surface area contributed by atoms with Gasteiger partial charge in [-0.05, 0) is 32.1 Å². The number of hydrogen-bond acceptors (Lipinski definition) is 3. The normalized spacial score (nSPS) is 13.6. The van der Waals surface area contributed by atoms with Crippen LogP contribution in [-0.4, -0.2) is 34.9 Å². The molecule has 0 rings (SSSR count). The number of aliphatic hydroxyl groups is 2. The van der Waals surface area contributed by atoms with Crippen LogP contribution < -0.4 is 5.32 Å². The summed E-state index contributed by atoms with van der Waals surface area (Å²) in [4.78, 5) is 12.2. The van der Waals surface area contributed by atoms with Crippen molar-refractivity contribution in [3.8, 4) is 0 Å². The third-order valence-corrected chi connectivity index (χ3v) is 6.73. The van der Waals surface area contributed by atoms with Gasteiger partial charge in [0.05, 0.1) is 18.8 Å². The lowest BCUT2D eigenvalue weighted by Crippen LogP contribution is -2.45. The lowest BCUT2D eigenvalue weighted by molar-refractivity contribution is -0.123. The molecule has 2 unspecified atom stereocenters. The molecule has 0 fully saturated rings. The molecule has 0 bridgehead atoms. The first-order valence-electron chi connectivity index (χ1n) is 15.0. The van der Waals surface area contributed by atoms with E-state index in [0.717, 1.165) is 25.7 Å². The van der Waals surface area contributed by atoms with E-state index in [9.17, 15) is 15.0 Å². The summed E-state index contributed by atoms with van der Waals surface area (Å²) < 4.78 is 0. The van der Waals surface area contributed by atoms with E-state index in [1.54, 1.807) is 0 Å². The molecule has 0 spiro atoms. The highest BCUT2D eigenvalue weighted by molar-refractivity contribution is 5.76. The Morgan fingerprint density at radius 2 is 1.17 bits per heavy atom. The molecule has 1 amide bonds. The highest BCUT2D eigenvalue weighted by Crippen LogP contribution is 2.13. The standard InChI is InChI=1S/C31H59NO3/c1-3-5-7-9-11-13-15-16-17-19-21-23-25-27-31(35)32-29(28-33)30(34)26-24-22-20-18-14-12-10-8-6-4-2/h16-17,21,23,29-30,33-34H,3-15,18-20,22,24-28H2,1-2H3,(H,32,35)/b17-16-,23-21-. The van der Waals surface area contributed by atoms with Gasteiger partial charge in [-0.15, -0.1) is 0 Å². The van der Waals surface area contributed by atoms with Crippen LogP contribution in [-0.2, 0) is 4.79 Å². The largest absolute Gasteiger partial charge is 0.394 e. The number of unbranched alkanes of at least 4 members (excludes halogenated alkanes) is 15. The van der Waals surface area contributed by atoms with Crippen LogP contribution in [0.4, 0.5) is 0 Å². The monoisotopic (exact) mass is 493 g/mol. The van der Waals surface area contributed by atoms with Crippen LogP contribution in [0.3, 0.4) is 0 Å². The quantitative estimate of drug-likeness (QED) is 0.0840. The van der Waals surface area contributed by atoms with Crippen molar-refractivity contribution in [3.05, 3.63) is 24.3 Å². The third-order valence-electron chi connectivity index (χ3n) is 6.73. The minimum atomic E-state index is -0.676. The van der Waals surface area contributed by atoms with Crippen molar-refractivity contribution in [2.24, 2.45) is 0 Å². The van der Waals surface area contributed by atoms with Crippen molar-refractivity contribution in [1.82, 2.24) is 5.32 Å². The Bertz CT molecular complexity index is 503. The molecule has 0 aliphatic heterocycles. The first kappa shape index (κ1) is 33.9. The Hall–Kier alpha value is -1.13. The van der Waals surface area contributed by atoms with Crippen LogP contribution in [0.5, 0.6) is 0 Å². The lowest BCUT2D eigenvalue weighted by Gasteiger charge is -2.22. The van der Waals surface area contributed by atoms with Crippen LogP contribution in [0, 0.1) is 0 Å². The molecule has 0 aliphatic rings. The Labute approximate surface area is 218 Å². The molecule has 0 aliphatic carbocycles. The molecule has 35 heavy (non-hydrogen) atoms. The molecule has 0 aromatic rings. The van der Waals surface area contributed by atoms with E-state index in [2.05, 4.69) is 37.4 Å². The van der Waals surface area contributed by atoms with E-state index in [1.807, 2.05) is 6.08 Å². The maximum absolute atomic E-state index is 12.2. The smallest absolute Gasteiger partial charge is 0.220 e. The van der Waals surface area contributed by atoms with Gasteiger partial charge in [-0.1, -0.05) is 134 Å². The van der Waals surface area contributed by atoms with E-state index < -0.39 is 12.1 Å². The summed E-state index contributed by atoms with van der Waals surface area (Å²) in [5, 5.41) is 22.8. The van der Waals surface area contributed by atoms with Gasteiger partial charge < -0.3 is 15.5 Å². The van der Waals surface area contributed by atoms with E-state index in [4.69, 9.17) is 0 Å². The second-order valence-electron chi connectivity index (χ2n) is 10.2. The highest BCUT2D eigenvalue weighted by atomic mass is 16.3. The first-order valence-corrected chi connectivity index (χ1v) is 15.0. The lowest BCUT2D eigenvalue weighted by atomic mass is 10.0. The summed E-state index contributed by atoms with van der Waals surface area (Å²) in [5.41, 5.74) is 0. The predicted octanol–water partition coefficient (Wildman–Crippen LogP) is 8.17. The number of aliphatic hydroxyl groups excluding tert-OH is 2. The van der Waals surface area contributed by atoms with Crippen molar-refractivity contribution in [3.63, 3.8) is 0 Å². The molecule has 4 heteroatoms. The van der Waals surface area contributed by atoms with Gasteiger partial charge >= 0.3 is 0 Å². The van der Waals surface area contributed by atoms with Crippen molar-refractivity contribution >= 4 is 5.91 Å². The average molecular weight is 494 g/mol. The summed E-state index contributed by atoms with van der Waals surface area (Å²) in [5.74, 6) is -0.102. The molecular weight excluding hydrogens is 434 g/mol. The molecule has 4 nitrogen and oxygen atoms in total. The number of nitrogens with one attached hydrogen (secondary N) is 1. The van der Waals surface area contributed by atoms with Gasteiger partial charge in [-0.3, -0.25) is 4.79 Å². The summed E-state index contributed by atoms with van der Waals surface area (Å²) in [6.45, 7) is 4.28. The highest BCUT2D eigenvalue weighted by Gasteiger charge is 2.19. The summed E-state index contributed by atoms with van der Waals surface area (Å²) in [6.07, 6.45) is 32.3. The van der Waals surface area contributed by atoms with Gasteiger partial charge in [0.1, 0.15) is 0 Å². The second-order valence-corrected chi connectivity index (χ2v) is 10.2. The number of allylic oxidation sites excluding steroid dienone is 4. The van der Waals surface area contributed by atoms with Crippen LogP contribution >= 0.6 is 0 Å². The number of carbonyl (C=O) groups excluding carboxylic acids is 1. The van der Waals surface area contributed by atoms with E-state index in [0.29, 0.717) is 19.3 Å². The van der Waals surface area contributed by atoms with Gasteiger partial charge in [0.15, 0.2) is 0 Å². The van der Waals surface area contributed by atoms with Crippen LogP contribution in [0.15, 0.2) is 24.3 Å². The van der Waals surface area contributed by atoms with Gasteiger partial charge in [0.2, 0.25) is 5.91 Å². The molecule has 0 aromatic carbocycles. The fourth-order valence-electron chi connectivity index (χ4n) is 4.35. The minimum absolute atomic E-state index is 0.102. The molecule has 0 saturated heterocycles. The third kappa shape index (κ3) is 24.3. The van der Waals surface area contributed by atoms with Gasteiger partial charge in [0, 0.05) is 6.42 Å². The molecule has 0 aromatic heterocycles. The Morgan fingerprint density at radius 3 is 1.71 bits per heavy atom. The molecule has 0 radical (unpaired) electrons. The molecule has 2 atom stereocenters. The second kappa shape index (κ2) is 27.5. The zero-order valence-electron chi connectivity index (χ0n) is 23.3. The summed E-state index contributed by atoms with van der Waals surface area (Å²) in [7, 11) is 0. The molecule has 206 valence electrons. The van der Waals surface area contributed by atoms with Crippen molar-refractivity contribution in [2.75, 3.05) is 6.61 Å². The van der Waals surface area contributed by atoms with Crippen molar-refractivity contribution in [2.45, 2.75) is 161 Å². The van der Waals surface area contributed by atoms with Crippen molar-refractivity contribution in [1.29, 1.82) is 0 Å². The molecule has 0 saturated carbocycles. The SMILES string of the molecule is CCCCCCCC/C=C\C/C=C\CCC(=O)NC(CO)C(O)CCCCCCCCCCCC. The summed E-state index contributed by atoms with van der Waals surface area (Å²) in [6, 6.07) is -0.560. The Kier molecular flexibility index (Phi) is 26.6. The number of hydrogen-bond donors (Lipinski definition) is 3. The molecule has 3 N–H and O–H groups in total. The maximum Gasteiger partial charge on any atom is 0.220 e. The van der Waals surface area contributed by atoms with Gasteiger partial charge in [-0.2, -0.15) is 0 Å². The zero-order valence-corrected chi connectivity index (χ0v) is 23.3. The predicted molar refractivity (Wildman–Crippen MR) is 152 cm³/mol. The minimum Gasteiger partial charge on any atom is -0.394 e. The molecular formula is C31H59NO3. The van der Waals surface area contributed by atoms with E-state index in [1.165, 1.54) is 89.9 Å². The topological polar surface area (TPSA) is 69.6 Å². The fraction of sp³-hybridized carbons (Fsp3) is 0.839. The number of amides is 1. The Balaban J connectivity index is 3.73. The van der Waals surface area contributed by atoms with Crippen LogP contribution in [0.2, 0.25) is 0 Å². The van der Waals surface area contributed by atoms with Crippen LogP contribution in [0.25, 0.3) is 0 Å². The summed E-state index contributed by atoms with van der Waals surface area (Å²) >= 11 is 0. The van der Waals surface area contributed by atoms with E-state index >= 15 is 0 Å². The first-order chi connectivity index (χ1) is 17.2. The average Bonchev–Trinajstić information content (AvgIpc) is 2.86. The van der Waals surface area contributed by atoms with E-state index in [-0.39, 0.29) is 12.5 Å². The van der Waals surface area contributed by atoms with Crippen molar-refractivity contribution < 1.29 is 15.0 Å². The fourth-order valence-corrected chi connectivity index (χ4v) is 4.35. The van der Waals surface area contributed by atoms with Gasteiger partial charge in [-0.25, -0.2) is 0 Å². The number of carbonyl (C=O) groups is 1. The maximum atomic E-state index is 12.2. The Morgan fingerprint density at radius 1 is 0.686 bits per heavy atom. The number of rotatable bonds is 26.